The van der Waals surface area contributed by atoms with Crippen LogP contribution in [0.25, 0.3) is 0 Å². The number of hydrogen-bond acceptors (Lipinski definition) is 11. The summed E-state index contributed by atoms with van der Waals surface area (Å²) in [5, 5.41) is 34.8. The van der Waals surface area contributed by atoms with Crippen molar-refractivity contribution in [2.24, 2.45) is 11.7 Å². The molecule has 0 aromatic heterocycles. The summed E-state index contributed by atoms with van der Waals surface area (Å²) in [7, 11) is 2.06. The van der Waals surface area contributed by atoms with Gasteiger partial charge in [0.1, 0.15) is 24.5 Å². The number of fused-ring (bicyclic) bond motifs is 1. The zero-order chi connectivity index (χ0) is 22.7. The molecule has 0 saturated carbocycles. The van der Waals surface area contributed by atoms with E-state index in [0.29, 0.717) is 19.9 Å². The van der Waals surface area contributed by atoms with Crippen LogP contribution in [-0.2, 0) is 4.74 Å². The van der Waals surface area contributed by atoms with Gasteiger partial charge in [0.2, 0.25) is 0 Å². The highest BCUT2D eigenvalue weighted by molar-refractivity contribution is 5.01. The van der Waals surface area contributed by atoms with Crippen molar-refractivity contribution >= 4 is 0 Å². The number of nitrogens with two attached hydrogens (primary N) is 1. The number of aliphatic hydroxyl groups excluding tert-OH is 2. The van der Waals surface area contributed by atoms with Crippen LogP contribution in [0.4, 0.5) is 0 Å². The Balaban J connectivity index is 1.25. The van der Waals surface area contributed by atoms with Crippen LogP contribution < -0.4 is 27.0 Å². The van der Waals surface area contributed by atoms with Gasteiger partial charge in [0.25, 0.3) is 0 Å². The van der Waals surface area contributed by atoms with Crippen molar-refractivity contribution in [1.82, 2.24) is 36.0 Å². The number of piperidine rings is 1. The molecular formula is C21H44N8O3. The monoisotopic (exact) mass is 456 g/mol. The lowest BCUT2D eigenvalue weighted by Gasteiger charge is -2.38. The average Bonchev–Trinajstić information content (AvgIpc) is 3.34. The molecule has 0 aromatic rings. The number of aliphatic hydroxyl groups is 2. The molecule has 0 bridgehead atoms. The predicted octanol–water partition coefficient (Wildman–Crippen LogP) is -3.32. The normalized spacial score (nSPS) is 39.3. The van der Waals surface area contributed by atoms with E-state index >= 15 is 0 Å². The Bertz CT molecular complexity index is 583. The summed E-state index contributed by atoms with van der Waals surface area (Å²) in [4.78, 5) is 6.77. The van der Waals surface area contributed by atoms with Crippen LogP contribution in [-0.4, -0.2) is 134 Å². The molecule has 0 amide bonds. The van der Waals surface area contributed by atoms with Gasteiger partial charge < -0.3 is 35.8 Å². The van der Waals surface area contributed by atoms with Crippen LogP contribution in [0.15, 0.2) is 0 Å². The summed E-state index contributed by atoms with van der Waals surface area (Å²) in [6.45, 7) is 10.3. The Morgan fingerprint density at radius 2 is 1.84 bits per heavy atom. The van der Waals surface area contributed by atoms with Crippen LogP contribution in [0.1, 0.15) is 19.8 Å². The van der Waals surface area contributed by atoms with Gasteiger partial charge in [0, 0.05) is 32.8 Å². The fourth-order valence-electron chi connectivity index (χ4n) is 5.52. The Hall–Kier alpha value is -0.440. The van der Waals surface area contributed by atoms with Crippen LogP contribution in [0.5, 0.6) is 0 Å². The first kappa shape index (κ1) is 24.7. The fraction of sp³-hybridized carbons (Fsp3) is 1.00. The number of hydrogen-bond donors (Lipinski definition) is 7. The van der Waals surface area contributed by atoms with Crippen molar-refractivity contribution in [3.8, 4) is 0 Å². The number of rotatable bonds is 9. The highest BCUT2D eigenvalue weighted by atomic mass is 16.6. The van der Waals surface area contributed by atoms with E-state index in [1.165, 1.54) is 12.8 Å². The molecule has 4 saturated heterocycles. The van der Waals surface area contributed by atoms with E-state index in [0.717, 1.165) is 45.2 Å². The minimum Gasteiger partial charge on any atom is -0.387 e. The molecular weight excluding hydrogens is 412 g/mol. The van der Waals surface area contributed by atoms with Gasteiger partial charge in [-0.3, -0.25) is 16.0 Å². The van der Waals surface area contributed by atoms with Gasteiger partial charge in [-0.15, -0.1) is 0 Å². The molecule has 0 radical (unpaired) electrons. The zero-order valence-corrected chi connectivity index (χ0v) is 19.6. The van der Waals surface area contributed by atoms with Crippen molar-refractivity contribution in [1.29, 1.82) is 0 Å². The minimum absolute atomic E-state index is 0.0263. The number of ether oxygens (including phenoxy) is 1. The first-order chi connectivity index (χ1) is 15.5. The second-order valence-electron chi connectivity index (χ2n) is 9.85. The van der Waals surface area contributed by atoms with Gasteiger partial charge in [-0.1, -0.05) is 6.92 Å². The summed E-state index contributed by atoms with van der Waals surface area (Å²) in [5.41, 5.74) is 6.16. The van der Waals surface area contributed by atoms with Crippen LogP contribution in [0.3, 0.4) is 0 Å². The molecule has 4 fully saturated rings. The van der Waals surface area contributed by atoms with Gasteiger partial charge in [-0.25, -0.2) is 4.90 Å². The second kappa shape index (κ2) is 11.3. The topological polar surface area (TPSA) is 134 Å². The van der Waals surface area contributed by atoms with Crippen LogP contribution in [0.2, 0.25) is 0 Å². The molecule has 0 spiro atoms. The Labute approximate surface area is 192 Å². The van der Waals surface area contributed by atoms with E-state index in [-0.39, 0.29) is 18.4 Å². The maximum Gasteiger partial charge on any atom is 0.142 e. The fourth-order valence-corrected chi connectivity index (χ4v) is 5.52. The zero-order valence-electron chi connectivity index (χ0n) is 19.6. The number of nitrogens with one attached hydrogen (secondary N) is 4. The summed E-state index contributed by atoms with van der Waals surface area (Å²) in [5.74, 6) is 0.784. The van der Waals surface area contributed by atoms with Crippen molar-refractivity contribution in [2.75, 3.05) is 66.2 Å². The van der Waals surface area contributed by atoms with Gasteiger partial charge in [0.05, 0.1) is 25.0 Å². The van der Waals surface area contributed by atoms with Crippen LogP contribution >= 0.6 is 0 Å². The Morgan fingerprint density at radius 3 is 2.59 bits per heavy atom. The lowest BCUT2D eigenvalue weighted by molar-refractivity contribution is -0.106. The first-order valence-electron chi connectivity index (χ1n) is 12.3. The highest BCUT2D eigenvalue weighted by Crippen LogP contribution is 2.28. The maximum absolute atomic E-state index is 10.7. The molecule has 4 aliphatic rings. The van der Waals surface area contributed by atoms with E-state index < -0.39 is 24.5 Å². The molecule has 0 aromatic carbocycles. The highest BCUT2D eigenvalue weighted by Gasteiger charge is 2.51. The van der Waals surface area contributed by atoms with Crippen molar-refractivity contribution < 1.29 is 14.9 Å². The quantitative estimate of drug-likeness (QED) is 0.188. The lowest BCUT2D eigenvalue weighted by atomic mass is 9.97. The molecule has 4 aliphatic heterocycles. The molecule has 4 heterocycles. The third-order valence-electron chi connectivity index (χ3n) is 7.62. The third kappa shape index (κ3) is 5.61. The molecule has 7 atom stereocenters. The molecule has 0 aliphatic carbocycles. The molecule has 4 rings (SSSR count). The summed E-state index contributed by atoms with van der Waals surface area (Å²) in [6, 6.07) is 0.0263. The first-order valence-corrected chi connectivity index (χ1v) is 12.3. The number of nitrogens with zero attached hydrogens (tertiary/aromatic N) is 3. The Morgan fingerprint density at radius 1 is 1.06 bits per heavy atom. The van der Waals surface area contributed by atoms with E-state index in [1.807, 2.05) is 4.90 Å². The molecule has 8 N–H and O–H groups in total. The summed E-state index contributed by atoms with van der Waals surface area (Å²) >= 11 is 0. The van der Waals surface area contributed by atoms with Gasteiger partial charge in [0.15, 0.2) is 0 Å². The van der Waals surface area contributed by atoms with Gasteiger partial charge in [-0.2, -0.15) is 0 Å². The molecule has 32 heavy (non-hydrogen) atoms. The van der Waals surface area contributed by atoms with E-state index in [2.05, 4.69) is 45.0 Å². The van der Waals surface area contributed by atoms with E-state index in [1.54, 1.807) is 0 Å². The standard InChI is InChI=1S/C21H44N8O3/c1-3-28(10-14-4-6-23-7-5-14)9-8-27(2)11-15-17(30)18(31)21(32-15)29-13-26-16-19(22)24-12-25-20(16)29/h14-21,23-26,30-31H,3-13,22H2,1-2H3/t15-,16?,17-,18-,19?,20?,21-/m1/s1. The number of likely N-dealkylation sites (N-methyl/N-ethyl adjacent to an activating group) is 2. The van der Waals surface area contributed by atoms with E-state index in [9.17, 15) is 10.2 Å². The largest absolute Gasteiger partial charge is 0.387 e. The molecule has 3 unspecified atom stereocenters. The minimum atomic E-state index is -0.950. The SMILES string of the molecule is CCN(CCN(C)C[C@H]1O[C@@H](N2CNC3C(N)NCNC32)[C@H](O)[C@@H]1O)CC1CCNCC1. The Kier molecular flexibility index (Phi) is 8.73. The van der Waals surface area contributed by atoms with Crippen LogP contribution in [0, 0.1) is 5.92 Å². The second-order valence-corrected chi connectivity index (χ2v) is 9.85. The smallest absolute Gasteiger partial charge is 0.142 e. The van der Waals surface area contributed by atoms with Gasteiger partial charge >= 0.3 is 0 Å². The summed E-state index contributed by atoms with van der Waals surface area (Å²) < 4.78 is 6.20. The summed E-state index contributed by atoms with van der Waals surface area (Å²) in [6.07, 6.45) is -0.522. The van der Waals surface area contributed by atoms with Gasteiger partial charge in [-0.05, 0) is 45.4 Å². The average molecular weight is 457 g/mol. The lowest BCUT2D eigenvalue weighted by Crippen LogP contribution is -2.68. The van der Waals surface area contributed by atoms with E-state index in [4.69, 9.17) is 10.5 Å². The predicted molar refractivity (Wildman–Crippen MR) is 122 cm³/mol. The molecule has 11 heteroatoms. The van der Waals surface area contributed by atoms with Crippen molar-refractivity contribution in [3.05, 3.63) is 0 Å². The molecule has 186 valence electrons. The van der Waals surface area contributed by atoms with Crippen molar-refractivity contribution in [2.45, 2.75) is 62.7 Å². The third-order valence-corrected chi connectivity index (χ3v) is 7.62. The molecule has 11 nitrogen and oxygen atoms in total. The van der Waals surface area contributed by atoms with Crippen molar-refractivity contribution in [3.63, 3.8) is 0 Å². The maximum atomic E-state index is 10.7.